The van der Waals surface area contributed by atoms with E-state index in [1.807, 2.05) is 20.0 Å². The van der Waals surface area contributed by atoms with Crippen LogP contribution in [0, 0.1) is 6.92 Å². The summed E-state index contributed by atoms with van der Waals surface area (Å²) in [5.41, 5.74) is 1.97. The number of nitrogens with zero attached hydrogens (tertiary/aromatic N) is 3. The highest BCUT2D eigenvalue weighted by Gasteiger charge is 2.41. The molecule has 3 rings (SSSR count). The van der Waals surface area contributed by atoms with E-state index in [-0.39, 0.29) is 6.42 Å². The van der Waals surface area contributed by atoms with Gasteiger partial charge in [-0.25, -0.2) is 0 Å². The smallest absolute Gasteiger partial charge is 0.280 e. The van der Waals surface area contributed by atoms with E-state index in [0.717, 1.165) is 15.6 Å². The van der Waals surface area contributed by atoms with Crippen molar-refractivity contribution in [2.45, 2.75) is 38.9 Å². The van der Waals surface area contributed by atoms with Crippen LogP contribution in [0.15, 0.2) is 24.4 Å². The third-order valence-electron chi connectivity index (χ3n) is 5.21. The van der Waals surface area contributed by atoms with E-state index in [9.17, 15) is 13.2 Å². The van der Waals surface area contributed by atoms with Crippen LogP contribution in [-0.2, 0) is 21.5 Å². The van der Waals surface area contributed by atoms with Crippen LogP contribution in [0.1, 0.15) is 30.6 Å². The number of benzene rings is 1. The molecule has 2 heterocycles. The molecule has 1 aliphatic heterocycles. The van der Waals surface area contributed by atoms with Gasteiger partial charge in [-0.1, -0.05) is 0 Å². The average Bonchev–Trinajstić information content (AvgIpc) is 3.10. The van der Waals surface area contributed by atoms with Crippen molar-refractivity contribution in [2.75, 3.05) is 26.6 Å². The third-order valence-corrected chi connectivity index (χ3v) is 6.80. The van der Waals surface area contributed by atoms with Crippen molar-refractivity contribution in [2.24, 2.45) is 0 Å². The summed E-state index contributed by atoms with van der Waals surface area (Å²) in [5, 5.41) is 7.17. The van der Waals surface area contributed by atoms with Crippen LogP contribution in [0.25, 0.3) is 0 Å². The Balaban J connectivity index is 1.85. The maximum absolute atomic E-state index is 13.0. The summed E-state index contributed by atoms with van der Waals surface area (Å²) in [5.74, 6) is 0.558. The van der Waals surface area contributed by atoms with E-state index < -0.39 is 28.2 Å². The summed E-state index contributed by atoms with van der Waals surface area (Å²) in [6.07, 6.45) is 2.09. The maximum Gasteiger partial charge on any atom is 0.280 e. The first kappa shape index (κ1) is 22.1. The third kappa shape index (κ3) is 4.27. The van der Waals surface area contributed by atoms with Crippen molar-refractivity contribution in [1.82, 2.24) is 18.8 Å². The van der Waals surface area contributed by atoms with Crippen LogP contribution >= 0.6 is 0 Å². The van der Waals surface area contributed by atoms with E-state index >= 15 is 0 Å². The Morgan fingerprint density at radius 2 is 2.00 bits per heavy atom. The lowest BCUT2D eigenvalue weighted by atomic mass is 10.00. The minimum Gasteiger partial charge on any atom is -0.493 e. The highest BCUT2D eigenvalue weighted by Crippen LogP contribution is 2.32. The Morgan fingerprint density at radius 3 is 2.60 bits per heavy atom. The molecule has 1 fully saturated rings. The molecule has 1 aromatic carbocycles. The van der Waals surface area contributed by atoms with Gasteiger partial charge in [0, 0.05) is 37.1 Å². The zero-order chi connectivity index (χ0) is 22.1. The number of methoxy groups -OCH3 is 2. The van der Waals surface area contributed by atoms with Gasteiger partial charge < -0.3 is 14.8 Å². The summed E-state index contributed by atoms with van der Waals surface area (Å²) in [6, 6.07) is 3.52. The fourth-order valence-corrected chi connectivity index (χ4v) is 4.76. The Bertz CT molecular complexity index is 1040. The molecule has 2 N–H and O–H groups in total. The predicted octanol–water partition coefficient (Wildman–Crippen LogP) is 1.45. The highest BCUT2D eigenvalue weighted by molar-refractivity contribution is 7.87. The summed E-state index contributed by atoms with van der Waals surface area (Å²) < 4.78 is 41.3. The van der Waals surface area contributed by atoms with Gasteiger partial charge in [-0.3, -0.25) is 9.48 Å². The molecule has 2 atom stereocenters. The van der Waals surface area contributed by atoms with Crippen molar-refractivity contribution in [1.29, 1.82) is 0 Å². The summed E-state index contributed by atoms with van der Waals surface area (Å²) in [7, 11) is 0.568. The van der Waals surface area contributed by atoms with Gasteiger partial charge in [0.05, 0.1) is 26.0 Å². The zero-order valence-electron chi connectivity index (χ0n) is 17.7. The fraction of sp³-hybridized carbons (Fsp3) is 0.474. The number of likely N-dealkylation sites (N-methyl/N-ethyl adjacent to an activating group) is 1. The van der Waals surface area contributed by atoms with Gasteiger partial charge in [0.2, 0.25) is 5.91 Å². The van der Waals surface area contributed by atoms with Gasteiger partial charge in [0.25, 0.3) is 10.2 Å². The Labute approximate surface area is 176 Å². The normalized spacial score (nSPS) is 21.2. The molecule has 1 aromatic heterocycles. The molecule has 1 aliphatic rings. The number of amides is 1. The molecule has 0 radical (unpaired) electrons. The lowest BCUT2D eigenvalue weighted by Gasteiger charge is -2.36. The molecule has 0 saturated carbocycles. The van der Waals surface area contributed by atoms with Gasteiger partial charge >= 0.3 is 0 Å². The van der Waals surface area contributed by atoms with E-state index in [0.29, 0.717) is 23.7 Å². The molecule has 0 unspecified atom stereocenters. The lowest BCUT2D eigenvalue weighted by Crippen LogP contribution is -2.56. The quantitative estimate of drug-likeness (QED) is 0.707. The molecule has 1 saturated heterocycles. The predicted molar refractivity (Wildman–Crippen MR) is 112 cm³/mol. The maximum atomic E-state index is 13.0. The van der Waals surface area contributed by atoms with E-state index in [4.69, 9.17) is 9.47 Å². The second kappa shape index (κ2) is 8.62. The van der Waals surface area contributed by atoms with Gasteiger partial charge in [0.1, 0.15) is 6.04 Å². The van der Waals surface area contributed by atoms with Crippen molar-refractivity contribution in [3.05, 3.63) is 35.7 Å². The molecule has 30 heavy (non-hydrogen) atoms. The van der Waals surface area contributed by atoms with Crippen molar-refractivity contribution in [3.63, 3.8) is 0 Å². The molecule has 2 aromatic rings. The van der Waals surface area contributed by atoms with Gasteiger partial charge in [-0.2, -0.15) is 22.5 Å². The van der Waals surface area contributed by atoms with Crippen LogP contribution in [0.2, 0.25) is 0 Å². The first-order valence-electron chi connectivity index (χ1n) is 9.52. The topological polar surface area (TPSA) is 115 Å². The van der Waals surface area contributed by atoms with Crippen molar-refractivity contribution in [3.8, 4) is 11.5 Å². The zero-order valence-corrected chi connectivity index (χ0v) is 18.5. The molecule has 0 bridgehead atoms. The fourth-order valence-electron chi connectivity index (χ4n) is 3.49. The number of hydrogen-bond acceptors (Lipinski definition) is 6. The second-order valence-corrected chi connectivity index (χ2v) is 8.79. The summed E-state index contributed by atoms with van der Waals surface area (Å²) >= 11 is 0. The minimum absolute atomic E-state index is 0.269. The molecule has 1 amide bonds. The van der Waals surface area contributed by atoms with Crippen LogP contribution in [0.4, 0.5) is 5.69 Å². The number of ether oxygens (including phenoxy) is 2. The summed E-state index contributed by atoms with van der Waals surface area (Å²) in [4.78, 5) is 13.0. The number of carbonyl (C=O) groups excluding carboxylic acids is 1. The number of anilines is 1. The standard InChI is InChI=1S/C19H27N5O5S/c1-6-24-11-14(12(2)21-24)15-10-16(23(3)30(26,27)22-15)19(25)20-13-7-8-17(28-4)18(9-13)29-5/h7-9,11,15-16,22H,6,10H2,1-5H3,(H,20,25)/t15-,16+/m1/s1. The molecule has 10 nitrogen and oxygen atoms in total. The van der Waals surface area contributed by atoms with E-state index in [1.165, 1.54) is 21.3 Å². The van der Waals surface area contributed by atoms with Crippen molar-refractivity contribution >= 4 is 21.8 Å². The van der Waals surface area contributed by atoms with Crippen LogP contribution in [0.3, 0.4) is 0 Å². The minimum atomic E-state index is -3.84. The SMILES string of the molecule is CCn1cc([C@H]2C[C@@H](C(=O)Nc3ccc(OC)c(OC)c3)N(C)S(=O)(=O)N2)c(C)n1. The number of rotatable bonds is 6. The largest absolute Gasteiger partial charge is 0.493 e. The van der Waals surface area contributed by atoms with Gasteiger partial charge in [-0.05, 0) is 32.4 Å². The number of aromatic nitrogens is 2. The second-order valence-electron chi connectivity index (χ2n) is 7.03. The lowest BCUT2D eigenvalue weighted by molar-refractivity contribution is -0.120. The van der Waals surface area contributed by atoms with Crippen LogP contribution in [0.5, 0.6) is 11.5 Å². The molecular weight excluding hydrogens is 410 g/mol. The van der Waals surface area contributed by atoms with Gasteiger partial charge in [-0.15, -0.1) is 0 Å². The first-order chi connectivity index (χ1) is 14.2. The molecule has 164 valence electrons. The Kier molecular flexibility index (Phi) is 6.34. The Hall–Kier alpha value is -2.63. The first-order valence-corrected chi connectivity index (χ1v) is 11.0. The number of carbonyl (C=O) groups is 1. The monoisotopic (exact) mass is 437 g/mol. The van der Waals surface area contributed by atoms with E-state index in [2.05, 4.69) is 15.1 Å². The van der Waals surface area contributed by atoms with Crippen LogP contribution in [-0.4, -0.2) is 55.7 Å². The number of nitrogens with one attached hydrogen (secondary N) is 2. The van der Waals surface area contributed by atoms with Crippen molar-refractivity contribution < 1.29 is 22.7 Å². The number of aryl methyl sites for hydroxylation is 2. The molecule has 11 heteroatoms. The van der Waals surface area contributed by atoms with Crippen LogP contribution < -0.4 is 19.5 Å². The van der Waals surface area contributed by atoms with E-state index in [1.54, 1.807) is 22.9 Å². The van der Waals surface area contributed by atoms with Gasteiger partial charge in [0.15, 0.2) is 11.5 Å². The Morgan fingerprint density at radius 1 is 1.30 bits per heavy atom. The molecular formula is C19H27N5O5S. The molecule has 0 spiro atoms. The highest BCUT2D eigenvalue weighted by atomic mass is 32.2. The summed E-state index contributed by atoms with van der Waals surface area (Å²) in [6.45, 7) is 4.45. The number of hydrogen-bond donors (Lipinski definition) is 2. The average molecular weight is 438 g/mol. The molecule has 0 aliphatic carbocycles.